The number of alkyl halides is 1. The number of fused-ring (bicyclic) bond motifs is 1. The van der Waals surface area contributed by atoms with Crippen LogP contribution < -0.4 is 10.6 Å². The summed E-state index contributed by atoms with van der Waals surface area (Å²) in [5.41, 5.74) is -0.122. The molecule has 0 aromatic carbocycles. The van der Waals surface area contributed by atoms with Crippen molar-refractivity contribution in [1.82, 2.24) is 25.3 Å². The molecule has 0 saturated carbocycles. The summed E-state index contributed by atoms with van der Waals surface area (Å²) in [6.07, 6.45) is 1.57. The Bertz CT molecular complexity index is 328. The molecule has 0 aromatic heterocycles. The largest absolute Gasteiger partial charge is 0.379 e. The zero-order valence-electron chi connectivity index (χ0n) is 12.9. The van der Waals surface area contributed by atoms with Crippen LogP contribution in [0.4, 0.5) is 0 Å². The monoisotopic (exact) mass is 317 g/mol. The lowest BCUT2D eigenvalue weighted by Gasteiger charge is -2.44. The van der Waals surface area contributed by atoms with Gasteiger partial charge in [0.2, 0.25) is 0 Å². The Kier molecular flexibility index (Phi) is 5.72. The first kappa shape index (κ1) is 15.9. The van der Waals surface area contributed by atoms with Gasteiger partial charge in [-0.15, -0.1) is 0 Å². The third-order valence-electron chi connectivity index (χ3n) is 4.91. The molecule has 7 heteroatoms. The highest BCUT2D eigenvalue weighted by Crippen LogP contribution is 2.17. The molecule has 0 spiro atoms. The lowest BCUT2D eigenvalue weighted by molar-refractivity contribution is 0.0220. The summed E-state index contributed by atoms with van der Waals surface area (Å²) in [4.78, 5) is 7.55. The number of ether oxygens (including phenoxy) is 1. The molecule has 6 nitrogen and oxygen atoms in total. The summed E-state index contributed by atoms with van der Waals surface area (Å²) in [6.45, 7) is 9.36. The maximum atomic E-state index is 6.26. The fraction of sp³-hybridized carbons (Fsp3) is 1.00. The van der Waals surface area contributed by atoms with Gasteiger partial charge in [-0.1, -0.05) is 11.6 Å². The smallest absolute Gasteiger partial charge is 0.136 e. The molecule has 3 aliphatic rings. The van der Waals surface area contributed by atoms with Gasteiger partial charge < -0.3 is 4.74 Å². The molecule has 21 heavy (non-hydrogen) atoms. The van der Waals surface area contributed by atoms with E-state index in [1.165, 1.54) is 6.42 Å². The molecule has 3 atom stereocenters. The number of hydrogen-bond donors (Lipinski definition) is 2. The van der Waals surface area contributed by atoms with E-state index in [0.717, 1.165) is 59.0 Å². The summed E-state index contributed by atoms with van der Waals surface area (Å²) < 4.78 is 5.43. The van der Waals surface area contributed by atoms with Crippen LogP contribution in [0, 0.1) is 0 Å². The maximum absolute atomic E-state index is 6.26. The lowest BCUT2D eigenvalue weighted by atomic mass is 10.1. The second kappa shape index (κ2) is 7.55. The zero-order valence-corrected chi connectivity index (χ0v) is 13.7. The van der Waals surface area contributed by atoms with E-state index in [2.05, 4.69) is 32.4 Å². The minimum Gasteiger partial charge on any atom is -0.379 e. The molecule has 0 aliphatic carbocycles. The average Bonchev–Trinajstić information content (AvgIpc) is 2.65. The summed E-state index contributed by atoms with van der Waals surface area (Å²) >= 11 is 6.26. The maximum Gasteiger partial charge on any atom is 0.136 e. The summed E-state index contributed by atoms with van der Waals surface area (Å²) in [5, 5.41) is 6.85. The van der Waals surface area contributed by atoms with Crippen molar-refractivity contribution in [2.75, 3.05) is 66.1 Å². The molecule has 2 N–H and O–H groups in total. The Hall–Kier alpha value is 0.0500. The van der Waals surface area contributed by atoms with Crippen LogP contribution in [0.5, 0.6) is 0 Å². The first-order chi connectivity index (χ1) is 10.2. The predicted molar refractivity (Wildman–Crippen MR) is 84.4 cm³/mol. The fourth-order valence-corrected chi connectivity index (χ4v) is 3.79. The van der Waals surface area contributed by atoms with Gasteiger partial charge in [0.15, 0.2) is 0 Å². The number of rotatable bonds is 3. The highest BCUT2D eigenvalue weighted by Gasteiger charge is 2.37. The minimum absolute atomic E-state index is 0.122. The van der Waals surface area contributed by atoms with Crippen LogP contribution in [0.2, 0.25) is 0 Å². The molecule has 3 unspecified atom stereocenters. The third-order valence-corrected chi connectivity index (χ3v) is 5.19. The van der Waals surface area contributed by atoms with Crippen molar-refractivity contribution < 1.29 is 4.74 Å². The van der Waals surface area contributed by atoms with Crippen molar-refractivity contribution in [1.29, 1.82) is 0 Å². The topological polar surface area (TPSA) is 43.0 Å². The van der Waals surface area contributed by atoms with E-state index in [0.29, 0.717) is 12.2 Å². The predicted octanol–water partition coefficient (Wildman–Crippen LogP) is -0.634. The lowest BCUT2D eigenvalue weighted by Crippen LogP contribution is -2.68. The van der Waals surface area contributed by atoms with E-state index in [4.69, 9.17) is 16.3 Å². The quantitative estimate of drug-likeness (QED) is 0.533. The van der Waals surface area contributed by atoms with Crippen molar-refractivity contribution in [2.24, 2.45) is 0 Å². The molecule has 0 radical (unpaired) electrons. The van der Waals surface area contributed by atoms with E-state index in [1.54, 1.807) is 0 Å². The van der Waals surface area contributed by atoms with Crippen molar-refractivity contribution in [3.63, 3.8) is 0 Å². The van der Waals surface area contributed by atoms with Crippen LogP contribution in [0.1, 0.15) is 6.42 Å². The Labute approximate surface area is 132 Å². The summed E-state index contributed by atoms with van der Waals surface area (Å²) in [6, 6.07) is 0.493. The Morgan fingerprint density at radius 2 is 1.95 bits per heavy atom. The molecular weight excluding hydrogens is 290 g/mol. The molecule has 3 aliphatic heterocycles. The van der Waals surface area contributed by atoms with Gasteiger partial charge in [-0.25, -0.2) is 0 Å². The van der Waals surface area contributed by atoms with Crippen LogP contribution in [-0.2, 0) is 4.74 Å². The molecular formula is C14H28ClN5O. The van der Waals surface area contributed by atoms with Gasteiger partial charge in [0.25, 0.3) is 0 Å². The van der Waals surface area contributed by atoms with E-state index >= 15 is 0 Å². The Morgan fingerprint density at radius 3 is 2.76 bits per heavy atom. The zero-order chi connectivity index (χ0) is 14.7. The number of hydrogen-bond acceptors (Lipinski definition) is 6. The Morgan fingerprint density at radius 1 is 1.14 bits per heavy atom. The molecule has 3 heterocycles. The second-order valence-electron chi connectivity index (χ2n) is 6.27. The van der Waals surface area contributed by atoms with Gasteiger partial charge in [-0.2, -0.15) is 0 Å². The van der Waals surface area contributed by atoms with Gasteiger partial charge in [0.1, 0.15) is 5.62 Å². The molecule has 3 saturated heterocycles. The molecule has 0 amide bonds. The van der Waals surface area contributed by atoms with Crippen LogP contribution >= 0.6 is 11.6 Å². The fourth-order valence-electron chi connectivity index (χ4n) is 3.58. The molecule has 3 rings (SSSR count). The number of nitrogens with one attached hydrogen (secondary N) is 2. The van der Waals surface area contributed by atoms with E-state index in [9.17, 15) is 0 Å². The first-order valence-corrected chi connectivity index (χ1v) is 8.55. The third kappa shape index (κ3) is 4.07. The van der Waals surface area contributed by atoms with E-state index in [1.807, 2.05) is 0 Å². The minimum atomic E-state index is -0.122. The van der Waals surface area contributed by atoms with Crippen LogP contribution in [0.3, 0.4) is 0 Å². The van der Waals surface area contributed by atoms with Crippen molar-refractivity contribution in [2.45, 2.75) is 24.3 Å². The van der Waals surface area contributed by atoms with Crippen LogP contribution in [-0.4, -0.2) is 98.6 Å². The van der Waals surface area contributed by atoms with Crippen molar-refractivity contribution in [3.05, 3.63) is 0 Å². The van der Waals surface area contributed by atoms with Gasteiger partial charge in [0, 0.05) is 39.3 Å². The highest BCUT2D eigenvalue weighted by atomic mass is 35.5. The van der Waals surface area contributed by atoms with Gasteiger partial charge >= 0.3 is 0 Å². The first-order valence-electron chi connectivity index (χ1n) is 8.12. The van der Waals surface area contributed by atoms with Crippen LogP contribution in [0.15, 0.2) is 0 Å². The summed E-state index contributed by atoms with van der Waals surface area (Å²) in [7, 11) is 2.22. The highest BCUT2D eigenvalue weighted by molar-refractivity contribution is 6.20. The van der Waals surface area contributed by atoms with Gasteiger partial charge in [-0.3, -0.25) is 25.3 Å². The normalized spacial score (nSPS) is 37.1. The van der Waals surface area contributed by atoms with Crippen molar-refractivity contribution in [3.8, 4) is 0 Å². The SMILES string of the molecule is CN1CCCN(CCN2CCOCC2)C2NC(Cl)NCC21. The molecule has 3 fully saturated rings. The molecule has 0 aromatic rings. The standard InChI is InChI=1S/C14H28ClN5O/c1-18-3-2-4-20(6-5-19-7-9-21-10-8-19)13-12(18)11-16-14(15)17-13/h12-14,16-17H,2-11H2,1H3. The second-order valence-corrected chi connectivity index (χ2v) is 6.71. The number of morpholine rings is 1. The van der Waals surface area contributed by atoms with E-state index in [-0.39, 0.29) is 5.62 Å². The van der Waals surface area contributed by atoms with E-state index < -0.39 is 0 Å². The van der Waals surface area contributed by atoms with Crippen LogP contribution in [0.25, 0.3) is 0 Å². The number of likely N-dealkylation sites (N-methyl/N-ethyl adjacent to an activating group) is 1. The van der Waals surface area contributed by atoms with Crippen molar-refractivity contribution >= 4 is 11.6 Å². The number of nitrogens with zero attached hydrogens (tertiary/aromatic N) is 3. The molecule has 122 valence electrons. The number of halogens is 1. The molecule has 0 bridgehead atoms. The van der Waals surface area contributed by atoms with Gasteiger partial charge in [0.05, 0.1) is 25.4 Å². The average molecular weight is 318 g/mol. The summed E-state index contributed by atoms with van der Waals surface area (Å²) in [5.74, 6) is 0. The Balaban J connectivity index is 1.58. The van der Waals surface area contributed by atoms with Gasteiger partial charge in [-0.05, 0) is 20.0 Å².